The van der Waals surface area contributed by atoms with Crippen molar-refractivity contribution in [1.29, 1.82) is 0 Å². The maximum absolute atomic E-state index is 5.58. The van der Waals surface area contributed by atoms with Gasteiger partial charge in [-0.2, -0.15) is 5.10 Å². The van der Waals surface area contributed by atoms with Crippen LogP contribution in [0.15, 0.2) is 33.9 Å². The van der Waals surface area contributed by atoms with Gasteiger partial charge in [-0.1, -0.05) is 0 Å². The van der Waals surface area contributed by atoms with Gasteiger partial charge in [-0.05, 0) is 51.8 Å². The van der Waals surface area contributed by atoms with Gasteiger partial charge in [-0.15, -0.1) is 0 Å². The molecule has 2 rings (SSSR count). The fraction of sp³-hybridized carbons (Fsp3) is 0.579. The lowest BCUT2D eigenvalue weighted by atomic mass is 10.4. The van der Waals surface area contributed by atoms with Crippen LogP contribution >= 0.6 is 0 Å². The molecule has 7 nitrogen and oxygen atoms in total. The first-order valence-corrected chi connectivity index (χ1v) is 9.32. The lowest BCUT2D eigenvalue weighted by molar-refractivity contribution is 0.105. The predicted molar refractivity (Wildman–Crippen MR) is 103 cm³/mol. The Hall–Kier alpha value is -2.28. The number of nitrogens with one attached hydrogen (secondary N) is 2. The summed E-state index contributed by atoms with van der Waals surface area (Å²) in [6.45, 7) is 10.7. The van der Waals surface area contributed by atoms with Gasteiger partial charge in [0.25, 0.3) is 0 Å². The Kier molecular flexibility index (Phi) is 8.75. The van der Waals surface area contributed by atoms with E-state index in [0.29, 0.717) is 13.2 Å². The molecule has 0 unspecified atom stereocenters. The van der Waals surface area contributed by atoms with E-state index in [0.717, 1.165) is 56.4 Å². The molecule has 0 aliphatic carbocycles. The zero-order chi connectivity index (χ0) is 18.6. The van der Waals surface area contributed by atoms with Crippen LogP contribution in [0, 0.1) is 13.8 Å². The van der Waals surface area contributed by atoms with Gasteiger partial charge < -0.3 is 19.8 Å². The summed E-state index contributed by atoms with van der Waals surface area (Å²) in [5.74, 6) is 1.71. The molecule has 2 aromatic rings. The number of aliphatic imine (C=N–C) groups is 1. The van der Waals surface area contributed by atoms with E-state index in [2.05, 4.69) is 40.6 Å². The van der Waals surface area contributed by atoms with Crippen LogP contribution in [0.4, 0.5) is 0 Å². The molecule has 0 atom stereocenters. The molecule has 0 radical (unpaired) electrons. The zero-order valence-corrected chi connectivity index (χ0v) is 16.1. The molecule has 0 aromatic carbocycles. The van der Waals surface area contributed by atoms with Crippen LogP contribution in [0.1, 0.15) is 36.9 Å². The number of nitrogens with zero attached hydrogens (tertiary/aromatic N) is 3. The van der Waals surface area contributed by atoms with E-state index in [1.54, 1.807) is 6.26 Å². The normalized spacial score (nSPS) is 11.7. The first-order chi connectivity index (χ1) is 12.7. The maximum atomic E-state index is 5.58. The Labute approximate surface area is 155 Å². The fourth-order valence-corrected chi connectivity index (χ4v) is 2.60. The predicted octanol–water partition coefficient (Wildman–Crippen LogP) is 2.65. The molecule has 26 heavy (non-hydrogen) atoms. The lowest BCUT2D eigenvalue weighted by Gasteiger charge is -2.11. The van der Waals surface area contributed by atoms with Crippen molar-refractivity contribution in [2.24, 2.45) is 4.99 Å². The van der Waals surface area contributed by atoms with Crippen LogP contribution in [-0.2, 0) is 17.9 Å². The standard InChI is InChI=1S/C19H31N5O2/c1-4-20-19(21-9-6-11-24-17(3)14-16(2)23-24)22-10-7-12-25-15-18-8-5-13-26-18/h5,8,13-14H,4,6-7,9-12,15H2,1-3H3,(H2,20,21,22). The molecule has 0 fully saturated rings. The van der Waals surface area contributed by atoms with Crippen LogP contribution in [0.25, 0.3) is 0 Å². The molecule has 0 amide bonds. The minimum absolute atomic E-state index is 0.521. The van der Waals surface area contributed by atoms with Crippen molar-refractivity contribution in [2.75, 3.05) is 26.2 Å². The molecule has 2 aromatic heterocycles. The molecule has 0 saturated carbocycles. The smallest absolute Gasteiger partial charge is 0.191 e. The summed E-state index contributed by atoms with van der Waals surface area (Å²) in [7, 11) is 0. The van der Waals surface area contributed by atoms with E-state index in [-0.39, 0.29) is 0 Å². The summed E-state index contributed by atoms with van der Waals surface area (Å²) >= 11 is 0. The van der Waals surface area contributed by atoms with Gasteiger partial charge in [0.2, 0.25) is 0 Å². The molecule has 0 aliphatic heterocycles. The summed E-state index contributed by atoms with van der Waals surface area (Å²) < 4.78 is 12.8. The molecule has 7 heteroatoms. The highest BCUT2D eigenvalue weighted by Gasteiger charge is 2.01. The van der Waals surface area contributed by atoms with Crippen molar-refractivity contribution in [3.05, 3.63) is 41.6 Å². The van der Waals surface area contributed by atoms with E-state index >= 15 is 0 Å². The Balaban J connectivity index is 1.60. The van der Waals surface area contributed by atoms with Gasteiger partial charge in [0.1, 0.15) is 12.4 Å². The van der Waals surface area contributed by atoms with Crippen LogP contribution in [0.5, 0.6) is 0 Å². The number of ether oxygens (including phenoxy) is 1. The largest absolute Gasteiger partial charge is 0.467 e. The quantitative estimate of drug-likeness (QED) is 0.365. The van der Waals surface area contributed by atoms with Gasteiger partial charge >= 0.3 is 0 Å². The third-order valence-corrected chi connectivity index (χ3v) is 3.83. The summed E-state index contributed by atoms with van der Waals surface area (Å²) in [5.41, 5.74) is 2.27. The summed E-state index contributed by atoms with van der Waals surface area (Å²) in [5, 5.41) is 11.1. The Morgan fingerprint density at radius 1 is 1.31 bits per heavy atom. The molecule has 2 heterocycles. The first-order valence-electron chi connectivity index (χ1n) is 9.32. The van der Waals surface area contributed by atoms with Crippen molar-refractivity contribution in [3.63, 3.8) is 0 Å². The van der Waals surface area contributed by atoms with Crippen molar-refractivity contribution in [1.82, 2.24) is 20.4 Å². The van der Waals surface area contributed by atoms with Gasteiger partial charge in [0.15, 0.2) is 5.96 Å². The van der Waals surface area contributed by atoms with Gasteiger partial charge in [-0.25, -0.2) is 0 Å². The number of rotatable bonds is 11. The van der Waals surface area contributed by atoms with Crippen LogP contribution in [0.3, 0.4) is 0 Å². The van der Waals surface area contributed by atoms with Crippen molar-refractivity contribution in [2.45, 2.75) is 46.8 Å². The van der Waals surface area contributed by atoms with Crippen LogP contribution in [-0.4, -0.2) is 42.0 Å². The van der Waals surface area contributed by atoms with E-state index in [1.165, 1.54) is 5.69 Å². The van der Waals surface area contributed by atoms with E-state index < -0.39 is 0 Å². The second-order valence-corrected chi connectivity index (χ2v) is 6.18. The average Bonchev–Trinajstić information content (AvgIpc) is 3.24. The number of guanidine groups is 1. The molecule has 0 spiro atoms. The number of hydrogen-bond donors (Lipinski definition) is 2. The number of aromatic nitrogens is 2. The highest BCUT2D eigenvalue weighted by molar-refractivity contribution is 5.79. The zero-order valence-electron chi connectivity index (χ0n) is 16.1. The van der Waals surface area contributed by atoms with Gasteiger partial charge in [0, 0.05) is 38.5 Å². The summed E-state index contributed by atoms with van der Waals surface area (Å²) in [6, 6.07) is 5.89. The monoisotopic (exact) mass is 361 g/mol. The molecular formula is C19H31N5O2. The first kappa shape index (κ1) is 20.0. The Bertz CT molecular complexity index is 649. The second kappa shape index (κ2) is 11.4. The van der Waals surface area contributed by atoms with E-state index in [1.807, 2.05) is 23.7 Å². The number of furan rings is 1. The summed E-state index contributed by atoms with van der Waals surface area (Å²) in [6.07, 6.45) is 3.54. The van der Waals surface area contributed by atoms with E-state index in [9.17, 15) is 0 Å². The third-order valence-electron chi connectivity index (χ3n) is 3.83. The topological polar surface area (TPSA) is 76.6 Å². The SMILES string of the molecule is CCNC(=NCCCn1nc(C)cc1C)NCCCOCc1ccco1. The molecule has 0 bridgehead atoms. The minimum Gasteiger partial charge on any atom is -0.467 e. The molecular weight excluding hydrogens is 330 g/mol. The fourth-order valence-electron chi connectivity index (χ4n) is 2.60. The summed E-state index contributed by atoms with van der Waals surface area (Å²) in [4.78, 5) is 4.62. The Morgan fingerprint density at radius 2 is 2.19 bits per heavy atom. The maximum Gasteiger partial charge on any atom is 0.191 e. The minimum atomic E-state index is 0.521. The van der Waals surface area contributed by atoms with Crippen molar-refractivity contribution < 1.29 is 9.15 Å². The van der Waals surface area contributed by atoms with Crippen LogP contribution in [0.2, 0.25) is 0 Å². The van der Waals surface area contributed by atoms with Crippen molar-refractivity contribution >= 4 is 5.96 Å². The Morgan fingerprint density at radius 3 is 2.88 bits per heavy atom. The van der Waals surface area contributed by atoms with E-state index in [4.69, 9.17) is 9.15 Å². The molecule has 0 aliphatic rings. The highest BCUT2D eigenvalue weighted by atomic mass is 16.5. The number of hydrogen-bond acceptors (Lipinski definition) is 4. The van der Waals surface area contributed by atoms with Crippen molar-refractivity contribution in [3.8, 4) is 0 Å². The van der Waals surface area contributed by atoms with Gasteiger partial charge in [-0.3, -0.25) is 9.67 Å². The highest BCUT2D eigenvalue weighted by Crippen LogP contribution is 2.03. The average molecular weight is 361 g/mol. The molecule has 144 valence electrons. The molecule has 2 N–H and O–H groups in total. The third kappa shape index (κ3) is 7.31. The number of aryl methyl sites for hydroxylation is 3. The van der Waals surface area contributed by atoms with Crippen LogP contribution < -0.4 is 10.6 Å². The second-order valence-electron chi connectivity index (χ2n) is 6.18. The van der Waals surface area contributed by atoms with Gasteiger partial charge in [0.05, 0.1) is 12.0 Å². The lowest BCUT2D eigenvalue weighted by Crippen LogP contribution is -2.38. The molecule has 0 saturated heterocycles.